The number of amides is 1. The van der Waals surface area contributed by atoms with Crippen molar-refractivity contribution < 1.29 is 19.4 Å². The van der Waals surface area contributed by atoms with E-state index in [1.807, 2.05) is 18.2 Å². The minimum Gasteiger partial charge on any atom is -0.393 e. The second-order valence-corrected chi connectivity index (χ2v) is 9.29. The number of carbonyl (C=O) groups is 1. The molecule has 2 aromatic carbocycles. The summed E-state index contributed by atoms with van der Waals surface area (Å²) in [5, 5.41) is 23.8. The summed E-state index contributed by atoms with van der Waals surface area (Å²) in [6, 6.07) is 16.2. The summed E-state index contributed by atoms with van der Waals surface area (Å²) >= 11 is 0. The summed E-state index contributed by atoms with van der Waals surface area (Å²) in [6.45, 7) is 1.98. The van der Waals surface area contributed by atoms with E-state index in [0.717, 1.165) is 50.8 Å². The van der Waals surface area contributed by atoms with Gasteiger partial charge in [-0.05, 0) is 56.2 Å². The topological polar surface area (TPSA) is 72.8 Å². The zero-order valence-electron chi connectivity index (χ0n) is 18.4. The first kappa shape index (κ1) is 22.9. The van der Waals surface area contributed by atoms with Gasteiger partial charge in [-0.25, -0.2) is 4.39 Å². The second kappa shape index (κ2) is 10.1. The molecule has 1 saturated heterocycles. The highest BCUT2D eigenvalue weighted by molar-refractivity contribution is 5.94. The lowest BCUT2D eigenvalue weighted by Crippen LogP contribution is -2.48. The van der Waals surface area contributed by atoms with Crippen LogP contribution in [-0.4, -0.2) is 58.9 Å². The summed E-state index contributed by atoms with van der Waals surface area (Å²) < 4.78 is 14.1. The highest BCUT2D eigenvalue weighted by Gasteiger charge is 2.40. The number of hydrogen-bond acceptors (Lipinski definition) is 4. The Morgan fingerprint density at radius 3 is 2.34 bits per heavy atom. The van der Waals surface area contributed by atoms with Gasteiger partial charge in [-0.3, -0.25) is 9.69 Å². The Kier molecular flexibility index (Phi) is 7.23. The van der Waals surface area contributed by atoms with Gasteiger partial charge in [0.1, 0.15) is 5.82 Å². The molecule has 0 spiro atoms. The number of carbonyl (C=O) groups excluding carboxylic acids is 1. The number of piperidine rings is 1. The minimum atomic E-state index is -0.526. The Bertz CT molecular complexity index is 901. The van der Waals surface area contributed by atoms with Crippen molar-refractivity contribution in [1.82, 2.24) is 10.2 Å². The molecule has 0 unspecified atom stereocenters. The Morgan fingerprint density at radius 1 is 0.969 bits per heavy atom. The summed E-state index contributed by atoms with van der Waals surface area (Å²) in [5.41, 5.74) is 0.859. The van der Waals surface area contributed by atoms with E-state index < -0.39 is 17.8 Å². The first-order valence-electron chi connectivity index (χ1n) is 11.7. The van der Waals surface area contributed by atoms with Gasteiger partial charge < -0.3 is 15.5 Å². The van der Waals surface area contributed by atoms with Gasteiger partial charge in [-0.1, -0.05) is 42.5 Å². The van der Waals surface area contributed by atoms with Crippen LogP contribution < -0.4 is 5.32 Å². The molecule has 1 saturated carbocycles. The van der Waals surface area contributed by atoms with Crippen molar-refractivity contribution in [3.8, 4) is 0 Å². The molecular weight excluding hydrogens is 407 g/mol. The van der Waals surface area contributed by atoms with E-state index in [9.17, 15) is 19.4 Å². The first-order valence-corrected chi connectivity index (χ1v) is 11.7. The van der Waals surface area contributed by atoms with Crippen molar-refractivity contribution in [1.29, 1.82) is 0 Å². The van der Waals surface area contributed by atoms with Gasteiger partial charge in [0.15, 0.2) is 0 Å². The van der Waals surface area contributed by atoms with Crippen LogP contribution in [0.2, 0.25) is 0 Å². The average molecular weight is 441 g/mol. The Balaban J connectivity index is 1.53. The van der Waals surface area contributed by atoms with Crippen molar-refractivity contribution in [2.45, 2.75) is 62.2 Å². The molecule has 1 amide bonds. The molecule has 0 radical (unpaired) electrons. The van der Waals surface area contributed by atoms with Crippen LogP contribution in [0.5, 0.6) is 0 Å². The second-order valence-electron chi connectivity index (χ2n) is 9.29. The van der Waals surface area contributed by atoms with Crippen LogP contribution >= 0.6 is 0 Å². The van der Waals surface area contributed by atoms with Crippen molar-refractivity contribution in [3.05, 3.63) is 71.5 Å². The highest BCUT2D eigenvalue weighted by atomic mass is 19.1. The first-order chi connectivity index (χ1) is 15.5. The van der Waals surface area contributed by atoms with Gasteiger partial charge in [0.2, 0.25) is 0 Å². The molecule has 172 valence electrons. The predicted molar refractivity (Wildman–Crippen MR) is 122 cm³/mol. The van der Waals surface area contributed by atoms with Crippen molar-refractivity contribution in [2.24, 2.45) is 0 Å². The van der Waals surface area contributed by atoms with Crippen LogP contribution in [-0.2, 0) is 5.41 Å². The van der Waals surface area contributed by atoms with E-state index in [-0.39, 0.29) is 23.1 Å². The maximum Gasteiger partial charge on any atom is 0.254 e. The molecule has 4 rings (SSSR count). The molecule has 3 atom stereocenters. The van der Waals surface area contributed by atoms with E-state index in [2.05, 4.69) is 22.3 Å². The van der Waals surface area contributed by atoms with E-state index >= 15 is 0 Å². The standard InChI is InChI=1S/C26H33FN2O3/c27-22-9-5-4-8-21(22)25(32)28-18-26(19-6-2-1-3-7-19)14-10-23(24(31)11-15-26)29-16-12-20(30)13-17-29/h1-9,20,23-24,30-31H,10-18H2,(H,28,32)/t23-,24-,26-/m0/s1. The fraction of sp³-hybridized carbons (Fsp3) is 0.500. The monoisotopic (exact) mass is 440 g/mol. The molecule has 2 aliphatic rings. The number of likely N-dealkylation sites (tertiary alicyclic amines) is 1. The van der Waals surface area contributed by atoms with Crippen LogP contribution in [0.25, 0.3) is 0 Å². The largest absolute Gasteiger partial charge is 0.393 e. The van der Waals surface area contributed by atoms with Crippen molar-refractivity contribution in [3.63, 3.8) is 0 Å². The maximum absolute atomic E-state index is 14.1. The molecule has 2 aromatic rings. The Labute approximate surface area is 189 Å². The molecule has 1 aliphatic carbocycles. The molecule has 0 bridgehead atoms. The smallest absolute Gasteiger partial charge is 0.254 e. The van der Waals surface area contributed by atoms with Crippen molar-refractivity contribution >= 4 is 5.91 Å². The van der Waals surface area contributed by atoms with E-state index in [1.165, 1.54) is 12.1 Å². The Hall–Kier alpha value is -2.28. The average Bonchev–Trinajstić information content (AvgIpc) is 2.99. The van der Waals surface area contributed by atoms with Gasteiger partial charge in [0.05, 0.1) is 17.8 Å². The number of hydrogen-bond donors (Lipinski definition) is 3. The normalized spacial score (nSPS) is 27.6. The predicted octanol–water partition coefficient (Wildman–Crippen LogP) is 3.25. The number of rotatable bonds is 5. The number of aliphatic hydroxyl groups is 2. The van der Waals surface area contributed by atoms with Crippen LogP contribution in [0.15, 0.2) is 54.6 Å². The third-order valence-electron chi connectivity index (χ3n) is 7.34. The quantitative estimate of drug-likeness (QED) is 0.624. The fourth-order valence-corrected chi connectivity index (χ4v) is 5.35. The molecule has 6 heteroatoms. The third-order valence-corrected chi connectivity index (χ3v) is 7.34. The summed E-state index contributed by atoms with van der Waals surface area (Å²) in [5.74, 6) is -0.938. The van der Waals surface area contributed by atoms with Crippen LogP contribution in [0.3, 0.4) is 0 Å². The maximum atomic E-state index is 14.1. The molecule has 0 aromatic heterocycles. The SMILES string of the molecule is O=C(NC[C@@]1(c2ccccc2)CC[C@H](O)[C@@H](N2CCC(O)CC2)CC1)c1ccccc1F. The lowest BCUT2D eigenvalue weighted by Gasteiger charge is -2.38. The molecule has 2 fully saturated rings. The Morgan fingerprint density at radius 2 is 1.62 bits per heavy atom. The number of halogens is 1. The number of aliphatic hydroxyl groups excluding tert-OH is 2. The van der Waals surface area contributed by atoms with Crippen LogP contribution in [0.1, 0.15) is 54.4 Å². The zero-order chi connectivity index (χ0) is 22.6. The van der Waals surface area contributed by atoms with E-state index in [1.54, 1.807) is 12.1 Å². The minimum absolute atomic E-state index is 0.0501. The fourth-order valence-electron chi connectivity index (χ4n) is 5.35. The third kappa shape index (κ3) is 5.03. The molecule has 32 heavy (non-hydrogen) atoms. The van der Waals surface area contributed by atoms with Gasteiger partial charge in [0, 0.05) is 31.1 Å². The van der Waals surface area contributed by atoms with E-state index in [4.69, 9.17) is 0 Å². The summed E-state index contributed by atoms with van der Waals surface area (Å²) in [6.07, 6.45) is 3.79. The van der Waals surface area contributed by atoms with Crippen LogP contribution in [0, 0.1) is 5.82 Å². The van der Waals surface area contributed by atoms with Crippen LogP contribution in [0.4, 0.5) is 4.39 Å². The molecule has 5 nitrogen and oxygen atoms in total. The number of nitrogens with zero attached hydrogens (tertiary/aromatic N) is 1. The van der Waals surface area contributed by atoms with Gasteiger partial charge >= 0.3 is 0 Å². The highest BCUT2D eigenvalue weighted by Crippen LogP contribution is 2.39. The molecule has 1 aliphatic heterocycles. The lowest BCUT2D eigenvalue weighted by atomic mass is 9.74. The van der Waals surface area contributed by atoms with Gasteiger partial charge in [-0.15, -0.1) is 0 Å². The summed E-state index contributed by atoms with van der Waals surface area (Å²) in [4.78, 5) is 15.1. The zero-order valence-corrected chi connectivity index (χ0v) is 18.4. The molecule has 3 N–H and O–H groups in total. The van der Waals surface area contributed by atoms with Gasteiger partial charge in [-0.2, -0.15) is 0 Å². The molecular formula is C26H33FN2O3. The van der Waals surface area contributed by atoms with Crippen molar-refractivity contribution in [2.75, 3.05) is 19.6 Å². The number of nitrogens with one attached hydrogen (secondary N) is 1. The molecule has 1 heterocycles. The van der Waals surface area contributed by atoms with Gasteiger partial charge in [0.25, 0.3) is 5.91 Å². The van der Waals surface area contributed by atoms with E-state index in [0.29, 0.717) is 13.0 Å². The lowest BCUT2D eigenvalue weighted by molar-refractivity contribution is 0.00482. The number of benzene rings is 2. The summed E-state index contributed by atoms with van der Waals surface area (Å²) in [7, 11) is 0.